The predicted molar refractivity (Wildman–Crippen MR) is 105 cm³/mol. The van der Waals surface area contributed by atoms with Gasteiger partial charge < -0.3 is 5.32 Å². The van der Waals surface area contributed by atoms with Crippen LogP contribution in [0.3, 0.4) is 0 Å². The minimum absolute atomic E-state index is 0.0202. The van der Waals surface area contributed by atoms with Gasteiger partial charge in [-0.15, -0.1) is 0 Å². The Hall–Kier alpha value is -2.05. The maximum absolute atomic E-state index is 13.1. The Balaban J connectivity index is 2.36. The van der Waals surface area contributed by atoms with Crippen LogP contribution in [0.15, 0.2) is 59.5 Å². The summed E-state index contributed by atoms with van der Waals surface area (Å²) in [6.07, 6.45) is 1.76. The molecule has 0 bridgehead atoms. The lowest BCUT2D eigenvalue weighted by Crippen LogP contribution is -2.43. The lowest BCUT2D eigenvalue weighted by Gasteiger charge is -2.25. The third-order valence-electron chi connectivity index (χ3n) is 3.84. The zero-order valence-electron chi connectivity index (χ0n) is 14.9. The number of sulfonamides is 1. The Bertz CT molecular complexity index is 841. The lowest BCUT2D eigenvalue weighted by atomic mass is 10.2. The van der Waals surface area contributed by atoms with Crippen LogP contribution in [0.5, 0.6) is 0 Å². The number of benzene rings is 2. The standard InChI is InChI=1S/C19H23ClN2O3S/c1-3-8-15(2)21-19(23)14-22(17-10-7-9-16(20)13-17)26(24,25)18-11-5-4-6-12-18/h4-7,9-13,15H,3,8,14H2,1-2H3,(H,21,23). The molecule has 0 saturated heterocycles. The van der Waals surface area contributed by atoms with Crippen molar-refractivity contribution in [3.05, 3.63) is 59.6 Å². The van der Waals surface area contributed by atoms with E-state index in [9.17, 15) is 13.2 Å². The van der Waals surface area contributed by atoms with Crippen LogP contribution in [-0.2, 0) is 14.8 Å². The van der Waals surface area contributed by atoms with Crippen LogP contribution in [0.25, 0.3) is 0 Å². The number of carbonyl (C=O) groups excluding carboxylic acids is 1. The van der Waals surface area contributed by atoms with Crippen LogP contribution in [0.2, 0.25) is 5.02 Å². The number of hydrogen-bond acceptors (Lipinski definition) is 3. The molecule has 1 atom stereocenters. The number of nitrogens with zero attached hydrogens (tertiary/aromatic N) is 1. The summed E-state index contributed by atoms with van der Waals surface area (Å²) < 4.78 is 27.3. The minimum atomic E-state index is -3.90. The fraction of sp³-hybridized carbons (Fsp3) is 0.316. The second-order valence-electron chi connectivity index (χ2n) is 6.06. The lowest BCUT2D eigenvalue weighted by molar-refractivity contribution is -0.120. The molecular weight excluding hydrogens is 372 g/mol. The van der Waals surface area contributed by atoms with Crippen LogP contribution >= 0.6 is 11.6 Å². The van der Waals surface area contributed by atoms with E-state index in [2.05, 4.69) is 5.32 Å². The predicted octanol–water partition coefficient (Wildman–Crippen LogP) is 3.84. The minimum Gasteiger partial charge on any atom is -0.352 e. The van der Waals surface area contributed by atoms with Gasteiger partial charge in [0.05, 0.1) is 10.6 Å². The second kappa shape index (κ2) is 9.05. The molecule has 0 aliphatic heterocycles. The number of hydrogen-bond donors (Lipinski definition) is 1. The van der Waals surface area contributed by atoms with Gasteiger partial charge in [-0.1, -0.05) is 49.2 Å². The van der Waals surface area contributed by atoms with Crippen LogP contribution in [0, 0.1) is 0 Å². The van der Waals surface area contributed by atoms with E-state index in [1.54, 1.807) is 36.4 Å². The molecule has 0 aliphatic carbocycles. The second-order valence-corrected chi connectivity index (χ2v) is 8.36. The van der Waals surface area contributed by atoms with Gasteiger partial charge >= 0.3 is 0 Å². The summed E-state index contributed by atoms with van der Waals surface area (Å²) in [6.45, 7) is 3.61. The van der Waals surface area contributed by atoms with E-state index in [0.29, 0.717) is 10.7 Å². The molecule has 0 spiro atoms. The molecule has 0 saturated carbocycles. The maximum Gasteiger partial charge on any atom is 0.264 e. The molecule has 26 heavy (non-hydrogen) atoms. The number of amides is 1. The van der Waals surface area contributed by atoms with Crippen LogP contribution in [0.4, 0.5) is 5.69 Å². The maximum atomic E-state index is 13.1. The van der Waals surface area contributed by atoms with Gasteiger partial charge in [-0.3, -0.25) is 9.10 Å². The zero-order valence-corrected chi connectivity index (χ0v) is 16.4. The van der Waals surface area contributed by atoms with Crippen molar-refractivity contribution in [1.29, 1.82) is 0 Å². The first kappa shape index (κ1) is 20.3. The Morgan fingerprint density at radius 2 is 1.85 bits per heavy atom. The molecule has 2 aromatic rings. The molecule has 1 amide bonds. The Kier molecular flexibility index (Phi) is 7.06. The molecule has 1 N–H and O–H groups in total. The molecule has 0 aliphatic rings. The van der Waals surface area contributed by atoms with Crippen LogP contribution in [0.1, 0.15) is 26.7 Å². The van der Waals surface area contributed by atoms with Gasteiger partial charge in [-0.05, 0) is 43.7 Å². The normalized spacial score (nSPS) is 12.4. The van der Waals surface area contributed by atoms with E-state index in [0.717, 1.165) is 17.1 Å². The molecule has 2 aromatic carbocycles. The highest BCUT2D eigenvalue weighted by Gasteiger charge is 2.27. The quantitative estimate of drug-likeness (QED) is 0.739. The van der Waals surface area contributed by atoms with Crippen molar-refractivity contribution < 1.29 is 13.2 Å². The fourth-order valence-corrected chi connectivity index (χ4v) is 4.24. The average Bonchev–Trinajstić information content (AvgIpc) is 2.60. The summed E-state index contributed by atoms with van der Waals surface area (Å²) in [5.74, 6) is -0.356. The average molecular weight is 395 g/mol. The van der Waals surface area contributed by atoms with Crippen molar-refractivity contribution >= 4 is 33.2 Å². The molecule has 0 radical (unpaired) electrons. The first-order chi connectivity index (χ1) is 12.3. The highest BCUT2D eigenvalue weighted by atomic mass is 35.5. The van der Waals surface area contributed by atoms with Crippen LogP contribution in [-0.4, -0.2) is 26.9 Å². The smallest absolute Gasteiger partial charge is 0.264 e. The van der Waals surface area contributed by atoms with Crippen molar-refractivity contribution in [3.8, 4) is 0 Å². The van der Waals surface area contributed by atoms with Gasteiger partial charge in [-0.2, -0.15) is 0 Å². The summed E-state index contributed by atoms with van der Waals surface area (Å²) in [5, 5.41) is 3.24. The molecular formula is C19H23ClN2O3S. The van der Waals surface area contributed by atoms with E-state index < -0.39 is 10.0 Å². The topological polar surface area (TPSA) is 66.5 Å². The van der Waals surface area contributed by atoms with Crippen molar-refractivity contribution in [2.75, 3.05) is 10.8 Å². The molecule has 0 heterocycles. The van der Waals surface area contributed by atoms with E-state index >= 15 is 0 Å². The molecule has 140 valence electrons. The summed E-state index contributed by atoms with van der Waals surface area (Å²) in [4.78, 5) is 12.5. The van der Waals surface area contributed by atoms with Gasteiger partial charge in [0.2, 0.25) is 5.91 Å². The van der Waals surface area contributed by atoms with Crippen molar-refractivity contribution in [2.24, 2.45) is 0 Å². The molecule has 0 aromatic heterocycles. The molecule has 7 heteroatoms. The third kappa shape index (κ3) is 5.22. The van der Waals surface area contributed by atoms with Gasteiger partial charge in [0.15, 0.2) is 0 Å². The van der Waals surface area contributed by atoms with Gasteiger partial charge in [0.25, 0.3) is 10.0 Å². The van der Waals surface area contributed by atoms with E-state index in [-0.39, 0.29) is 23.4 Å². The molecule has 2 rings (SSSR count). The Labute approximate surface area is 160 Å². The molecule has 0 fully saturated rings. The zero-order chi connectivity index (χ0) is 19.2. The first-order valence-electron chi connectivity index (χ1n) is 8.47. The highest BCUT2D eigenvalue weighted by Crippen LogP contribution is 2.25. The van der Waals surface area contributed by atoms with Gasteiger partial charge in [0.1, 0.15) is 6.54 Å². The summed E-state index contributed by atoms with van der Waals surface area (Å²) >= 11 is 6.03. The van der Waals surface area contributed by atoms with E-state index in [1.165, 1.54) is 18.2 Å². The monoisotopic (exact) mass is 394 g/mol. The first-order valence-corrected chi connectivity index (χ1v) is 10.3. The van der Waals surface area contributed by atoms with Crippen molar-refractivity contribution in [1.82, 2.24) is 5.32 Å². The number of nitrogens with one attached hydrogen (secondary N) is 1. The Morgan fingerprint density at radius 3 is 2.46 bits per heavy atom. The molecule has 1 unspecified atom stereocenters. The van der Waals surface area contributed by atoms with Crippen LogP contribution < -0.4 is 9.62 Å². The fourth-order valence-electron chi connectivity index (χ4n) is 2.62. The number of rotatable bonds is 8. The number of carbonyl (C=O) groups is 1. The van der Waals surface area contributed by atoms with Crippen molar-refractivity contribution in [2.45, 2.75) is 37.6 Å². The molecule has 5 nitrogen and oxygen atoms in total. The number of halogens is 1. The van der Waals surface area contributed by atoms with E-state index in [4.69, 9.17) is 11.6 Å². The van der Waals surface area contributed by atoms with Gasteiger partial charge in [-0.25, -0.2) is 8.42 Å². The van der Waals surface area contributed by atoms with E-state index in [1.807, 2.05) is 13.8 Å². The number of anilines is 1. The highest BCUT2D eigenvalue weighted by molar-refractivity contribution is 7.92. The SMILES string of the molecule is CCCC(C)NC(=O)CN(c1cccc(Cl)c1)S(=O)(=O)c1ccccc1. The summed E-state index contributed by atoms with van der Waals surface area (Å²) in [7, 11) is -3.90. The Morgan fingerprint density at radius 1 is 1.15 bits per heavy atom. The summed E-state index contributed by atoms with van der Waals surface area (Å²) in [5.41, 5.74) is 0.347. The van der Waals surface area contributed by atoms with Crippen molar-refractivity contribution in [3.63, 3.8) is 0 Å². The third-order valence-corrected chi connectivity index (χ3v) is 5.87. The largest absolute Gasteiger partial charge is 0.352 e. The van der Waals surface area contributed by atoms with Gasteiger partial charge in [0, 0.05) is 11.1 Å². The summed E-state index contributed by atoms with van der Waals surface area (Å²) in [6, 6.07) is 14.5.